The molecule has 8 nitrogen and oxygen atoms in total. The van der Waals surface area contributed by atoms with E-state index in [1.165, 1.54) is 37.9 Å². The highest BCUT2D eigenvalue weighted by Crippen LogP contribution is 2.37. The number of hydrogen-bond donors (Lipinski definition) is 0. The van der Waals surface area contributed by atoms with Gasteiger partial charge in [-0.3, -0.25) is 14.7 Å². The summed E-state index contributed by atoms with van der Waals surface area (Å²) in [6.45, 7) is 7.09. The fraction of sp³-hybridized carbons (Fsp3) is 0.500. The number of carbonyl (C=O) groups excluding carboxylic acids is 1. The Kier molecular flexibility index (Phi) is 9.86. The third kappa shape index (κ3) is 6.96. The number of aliphatic imine (C=N–C) groups is 1. The second-order valence-electron chi connectivity index (χ2n) is 12.2. The van der Waals surface area contributed by atoms with Crippen molar-refractivity contribution < 1.29 is 19.0 Å². The van der Waals surface area contributed by atoms with Gasteiger partial charge in [0.2, 0.25) is 0 Å². The Balaban J connectivity index is 0.898. The number of anilines is 1. The minimum Gasteiger partial charge on any atom is -0.497 e. The first-order chi connectivity index (χ1) is 21.6. The Hall–Kier alpha value is -3.78. The summed E-state index contributed by atoms with van der Waals surface area (Å²) >= 11 is 0. The summed E-state index contributed by atoms with van der Waals surface area (Å²) in [5.74, 6) is 2.43. The monoisotopic (exact) mass is 598 g/mol. The molecule has 6 rings (SSSR count). The van der Waals surface area contributed by atoms with E-state index in [0.717, 1.165) is 86.4 Å². The zero-order chi connectivity index (χ0) is 30.3. The number of carbonyl (C=O) groups is 1. The second kappa shape index (κ2) is 14.3. The normalized spacial score (nSPS) is 18.3. The molecule has 1 amide bonds. The Morgan fingerprint density at radius 3 is 2.30 bits per heavy atom. The van der Waals surface area contributed by atoms with Gasteiger partial charge in [-0.25, -0.2) is 0 Å². The highest BCUT2D eigenvalue weighted by atomic mass is 16.5. The molecule has 1 atom stereocenters. The second-order valence-corrected chi connectivity index (χ2v) is 12.2. The van der Waals surface area contributed by atoms with Gasteiger partial charge in [-0.15, -0.1) is 0 Å². The first-order valence-corrected chi connectivity index (χ1v) is 16.4. The van der Waals surface area contributed by atoms with Gasteiger partial charge in [-0.05, 0) is 91.5 Å². The predicted molar refractivity (Wildman–Crippen MR) is 178 cm³/mol. The minimum absolute atomic E-state index is 0.0764. The first-order valence-electron chi connectivity index (χ1n) is 16.4. The van der Waals surface area contributed by atoms with Gasteiger partial charge in [0.25, 0.3) is 5.91 Å². The molecule has 0 N–H and O–H groups in total. The van der Waals surface area contributed by atoms with Crippen LogP contribution in [0.4, 0.5) is 11.4 Å². The molecule has 0 aliphatic carbocycles. The molecule has 3 aliphatic heterocycles. The van der Waals surface area contributed by atoms with Crippen molar-refractivity contribution in [3.63, 3.8) is 0 Å². The standard InChI is InChI=1S/C36H46N4O4/c1-42-31-13-11-29(12-14-31)39-19-17-38(18-20-39)15-7-5-3-4-6-8-21-44-35-25-27-22-32-33(23-28(27)24-34(35)43-2)37-26-30-10-9-16-40(30)36(32)41/h11-14,22-26,30H,3-10,15-21H2,1-2H3/t30-/m0/s1. The van der Waals surface area contributed by atoms with Gasteiger partial charge in [0, 0.05) is 44.6 Å². The molecule has 0 spiro atoms. The van der Waals surface area contributed by atoms with Crippen molar-refractivity contribution in [3.8, 4) is 17.2 Å². The molecule has 2 fully saturated rings. The Morgan fingerprint density at radius 2 is 1.52 bits per heavy atom. The molecule has 0 saturated carbocycles. The lowest BCUT2D eigenvalue weighted by molar-refractivity contribution is 0.0775. The first kappa shape index (κ1) is 30.3. The summed E-state index contributed by atoms with van der Waals surface area (Å²) < 4.78 is 17.1. The molecule has 234 valence electrons. The molecule has 3 heterocycles. The fourth-order valence-electron chi connectivity index (χ4n) is 6.72. The van der Waals surface area contributed by atoms with Gasteiger partial charge in [0.05, 0.1) is 38.1 Å². The highest BCUT2D eigenvalue weighted by Gasteiger charge is 2.32. The number of hydrogen-bond acceptors (Lipinski definition) is 7. The number of ether oxygens (including phenoxy) is 3. The van der Waals surface area contributed by atoms with Crippen LogP contribution in [0, 0.1) is 0 Å². The molecular weight excluding hydrogens is 552 g/mol. The van der Waals surface area contributed by atoms with E-state index in [9.17, 15) is 4.79 Å². The number of benzene rings is 3. The van der Waals surface area contributed by atoms with Crippen LogP contribution in [0.5, 0.6) is 17.2 Å². The minimum atomic E-state index is 0.0764. The van der Waals surface area contributed by atoms with Crippen molar-refractivity contribution in [2.24, 2.45) is 4.99 Å². The van der Waals surface area contributed by atoms with Gasteiger partial charge in [-0.1, -0.05) is 25.7 Å². The maximum absolute atomic E-state index is 13.2. The number of rotatable bonds is 13. The topological polar surface area (TPSA) is 66.8 Å². The van der Waals surface area contributed by atoms with E-state index >= 15 is 0 Å². The smallest absolute Gasteiger partial charge is 0.256 e. The lowest BCUT2D eigenvalue weighted by atomic mass is 10.0. The van der Waals surface area contributed by atoms with E-state index in [-0.39, 0.29) is 11.9 Å². The van der Waals surface area contributed by atoms with Crippen LogP contribution in [0.25, 0.3) is 10.8 Å². The van der Waals surface area contributed by atoms with E-state index in [1.807, 2.05) is 47.5 Å². The van der Waals surface area contributed by atoms with Crippen molar-refractivity contribution in [2.75, 3.05) is 65.0 Å². The number of amides is 1. The fourth-order valence-corrected chi connectivity index (χ4v) is 6.72. The van der Waals surface area contributed by atoms with Gasteiger partial charge < -0.3 is 24.0 Å². The van der Waals surface area contributed by atoms with Crippen LogP contribution in [-0.4, -0.2) is 88.1 Å². The summed E-state index contributed by atoms with van der Waals surface area (Å²) in [4.78, 5) is 25.0. The summed E-state index contributed by atoms with van der Waals surface area (Å²) in [5.41, 5.74) is 2.69. The van der Waals surface area contributed by atoms with Gasteiger partial charge in [0.15, 0.2) is 11.5 Å². The van der Waals surface area contributed by atoms with E-state index < -0.39 is 0 Å². The highest BCUT2D eigenvalue weighted by molar-refractivity contribution is 6.07. The molecule has 0 unspecified atom stereocenters. The maximum atomic E-state index is 13.2. The van der Waals surface area contributed by atoms with Gasteiger partial charge in [0.1, 0.15) is 5.75 Å². The Labute approximate surface area is 261 Å². The number of nitrogens with zero attached hydrogens (tertiary/aromatic N) is 4. The SMILES string of the molecule is COc1ccc(N2CCN(CCCCCCCCOc3cc4cc5c(cc4cc3OC)N=C[C@@H]3CCCN3C5=O)CC2)cc1. The molecule has 44 heavy (non-hydrogen) atoms. The summed E-state index contributed by atoms with van der Waals surface area (Å²) in [6, 6.07) is 16.5. The third-order valence-electron chi connectivity index (χ3n) is 9.35. The molecule has 2 saturated heterocycles. The van der Waals surface area contributed by atoms with Crippen LogP contribution < -0.4 is 19.1 Å². The van der Waals surface area contributed by atoms with Crippen molar-refractivity contribution in [2.45, 2.75) is 57.4 Å². The predicted octanol–water partition coefficient (Wildman–Crippen LogP) is 6.72. The molecule has 0 radical (unpaired) electrons. The zero-order valence-corrected chi connectivity index (χ0v) is 26.3. The van der Waals surface area contributed by atoms with E-state index in [0.29, 0.717) is 17.9 Å². The van der Waals surface area contributed by atoms with Crippen molar-refractivity contribution in [3.05, 3.63) is 54.1 Å². The molecule has 0 aromatic heterocycles. The lowest BCUT2D eigenvalue weighted by Gasteiger charge is -2.36. The molecule has 3 aliphatic rings. The van der Waals surface area contributed by atoms with Crippen LogP contribution >= 0.6 is 0 Å². The molecule has 3 aromatic carbocycles. The molecular formula is C36H46N4O4. The largest absolute Gasteiger partial charge is 0.497 e. The number of methoxy groups -OCH3 is 2. The van der Waals surface area contributed by atoms with Gasteiger partial charge >= 0.3 is 0 Å². The quantitative estimate of drug-likeness (QED) is 0.204. The molecule has 8 heteroatoms. The van der Waals surface area contributed by atoms with Crippen molar-refractivity contribution in [1.29, 1.82) is 0 Å². The summed E-state index contributed by atoms with van der Waals surface area (Å²) in [5, 5.41) is 1.97. The Bertz CT molecular complexity index is 1450. The van der Waals surface area contributed by atoms with Crippen LogP contribution in [0.3, 0.4) is 0 Å². The zero-order valence-electron chi connectivity index (χ0n) is 26.3. The van der Waals surface area contributed by atoms with Crippen molar-refractivity contribution >= 4 is 34.3 Å². The van der Waals surface area contributed by atoms with Crippen LogP contribution in [0.2, 0.25) is 0 Å². The van der Waals surface area contributed by atoms with E-state index in [1.54, 1.807) is 14.2 Å². The van der Waals surface area contributed by atoms with Gasteiger partial charge in [-0.2, -0.15) is 0 Å². The van der Waals surface area contributed by atoms with Crippen LogP contribution in [0.1, 0.15) is 61.7 Å². The number of unbranched alkanes of at least 4 members (excludes halogenated alkanes) is 5. The molecule has 0 bridgehead atoms. The number of fused-ring (bicyclic) bond motifs is 3. The van der Waals surface area contributed by atoms with Crippen LogP contribution in [-0.2, 0) is 0 Å². The van der Waals surface area contributed by atoms with E-state index in [4.69, 9.17) is 14.2 Å². The Morgan fingerprint density at radius 1 is 0.795 bits per heavy atom. The summed E-state index contributed by atoms with van der Waals surface area (Å²) in [6.07, 6.45) is 11.2. The summed E-state index contributed by atoms with van der Waals surface area (Å²) in [7, 11) is 3.39. The average molecular weight is 599 g/mol. The van der Waals surface area contributed by atoms with Crippen molar-refractivity contribution in [1.82, 2.24) is 9.80 Å². The number of piperazine rings is 1. The third-order valence-corrected chi connectivity index (χ3v) is 9.35. The van der Waals surface area contributed by atoms with Crippen LogP contribution in [0.15, 0.2) is 53.5 Å². The average Bonchev–Trinajstić information content (AvgIpc) is 3.50. The molecule has 3 aromatic rings. The van der Waals surface area contributed by atoms with E-state index in [2.05, 4.69) is 26.9 Å². The lowest BCUT2D eigenvalue weighted by Crippen LogP contribution is -2.46. The maximum Gasteiger partial charge on any atom is 0.256 e.